The molecule has 0 bridgehead atoms. The summed E-state index contributed by atoms with van der Waals surface area (Å²) >= 11 is 0. The summed E-state index contributed by atoms with van der Waals surface area (Å²) in [6.45, 7) is 10.5. The van der Waals surface area contributed by atoms with Crippen LogP contribution in [-0.4, -0.2) is 6.54 Å². The van der Waals surface area contributed by atoms with Gasteiger partial charge in [-0.05, 0) is 84.4 Å². The van der Waals surface area contributed by atoms with Crippen LogP contribution in [0.2, 0.25) is 0 Å². The van der Waals surface area contributed by atoms with Crippen LogP contribution in [0.4, 0.5) is 0 Å². The Kier molecular flexibility index (Phi) is 5.44. The molecule has 1 nitrogen and oxygen atoms in total. The van der Waals surface area contributed by atoms with Gasteiger partial charge in [-0.15, -0.1) is 0 Å². The van der Waals surface area contributed by atoms with Crippen molar-refractivity contribution in [1.29, 1.82) is 0 Å². The van der Waals surface area contributed by atoms with Crippen molar-refractivity contribution in [3.8, 4) is 0 Å². The van der Waals surface area contributed by atoms with Crippen molar-refractivity contribution in [2.24, 2.45) is 17.1 Å². The van der Waals surface area contributed by atoms with E-state index < -0.39 is 0 Å². The predicted molar refractivity (Wildman–Crippen MR) is 109 cm³/mol. The van der Waals surface area contributed by atoms with Gasteiger partial charge in [0.15, 0.2) is 0 Å². The highest BCUT2D eigenvalue weighted by Crippen LogP contribution is 2.57. The molecule has 1 aromatic carbocycles. The summed E-state index contributed by atoms with van der Waals surface area (Å²) in [5, 5.41) is 0. The van der Waals surface area contributed by atoms with E-state index in [-0.39, 0.29) is 0 Å². The van der Waals surface area contributed by atoms with Crippen LogP contribution in [0.1, 0.15) is 88.8 Å². The summed E-state index contributed by atoms with van der Waals surface area (Å²) in [6.07, 6.45) is 13.8. The van der Waals surface area contributed by atoms with Crippen LogP contribution in [0.3, 0.4) is 0 Å². The minimum atomic E-state index is 0.342. The zero-order chi connectivity index (χ0) is 18.1. The molecule has 2 N–H and O–H groups in total. The molecule has 3 rings (SSSR count). The average Bonchev–Trinajstić information content (AvgIpc) is 2.58. The standard InChI is InChI=1S/C24H37N/c1-18(2)19-9-11-21-20(17-19)10-12-22-23(3,13-6-5-7-16-25)14-8-15-24(21,22)4/h6,9,11,13,17-18,22H,5,7-8,10,12,14-16,25H2,1-4H3/b13-6-/t22-,23+,24+/m0/s1. The van der Waals surface area contributed by atoms with Gasteiger partial charge in [-0.1, -0.05) is 64.5 Å². The Hall–Kier alpha value is -1.08. The van der Waals surface area contributed by atoms with Gasteiger partial charge in [-0.25, -0.2) is 0 Å². The van der Waals surface area contributed by atoms with Gasteiger partial charge in [0.25, 0.3) is 0 Å². The summed E-state index contributed by atoms with van der Waals surface area (Å²) in [5.41, 5.74) is 11.1. The number of hydrogen-bond donors (Lipinski definition) is 1. The Morgan fingerprint density at radius 3 is 2.76 bits per heavy atom. The molecule has 3 atom stereocenters. The van der Waals surface area contributed by atoms with E-state index in [0.29, 0.717) is 16.7 Å². The van der Waals surface area contributed by atoms with Gasteiger partial charge in [0, 0.05) is 0 Å². The number of fused-ring (bicyclic) bond motifs is 3. The minimum absolute atomic E-state index is 0.342. The average molecular weight is 340 g/mol. The predicted octanol–water partition coefficient (Wildman–Crippen LogP) is 6.12. The van der Waals surface area contributed by atoms with E-state index >= 15 is 0 Å². The molecule has 0 radical (unpaired) electrons. The van der Waals surface area contributed by atoms with E-state index in [1.165, 1.54) is 37.7 Å². The fourth-order valence-corrected chi connectivity index (χ4v) is 5.71. The number of rotatable bonds is 5. The monoisotopic (exact) mass is 339 g/mol. The lowest BCUT2D eigenvalue weighted by atomic mass is 9.49. The van der Waals surface area contributed by atoms with Crippen molar-refractivity contribution in [2.75, 3.05) is 6.54 Å². The largest absolute Gasteiger partial charge is 0.330 e. The number of allylic oxidation sites excluding steroid dienone is 2. The Bertz CT molecular complexity index is 629. The number of hydrogen-bond acceptors (Lipinski definition) is 1. The lowest BCUT2D eigenvalue weighted by molar-refractivity contribution is 0.0629. The van der Waals surface area contributed by atoms with E-state index in [9.17, 15) is 0 Å². The maximum absolute atomic E-state index is 5.66. The van der Waals surface area contributed by atoms with Gasteiger partial charge in [0.05, 0.1) is 0 Å². The van der Waals surface area contributed by atoms with Gasteiger partial charge < -0.3 is 5.73 Å². The highest BCUT2D eigenvalue weighted by molar-refractivity contribution is 5.42. The maximum atomic E-state index is 5.66. The quantitative estimate of drug-likeness (QED) is 0.508. The molecule has 0 saturated heterocycles. The van der Waals surface area contributed by atoms with Crippen LogP contribution >= 0.6 is 0 Å². The fraction of sp³-hybridized carbons (Fsp3) is 0.667. The molecule has 0 amide bonds. The third-order valence-corrected chi connectivity index (χ3v) is 7.16. The number of nitrogens with two attached hydrogens (primary N) is 1. The molecular weight excluding hydrogens is 302 g/mol. The summed E-state index contributed by atoms with van der Waals surface area (Å²) < 4.78 is 0. The molecule has 0 aromatic heterocycles. The van der Waals surface area contributed by atoms with Crippen LogP contribution < -0.4 is 5.73 Å². The first kappa shape index (κ1) is 18.7. The summed E-state index contributed by atoms with van der Waals surface area (Å²) in [4.78, 5) is 0. The third-order valence-electron chi connectivity index (χ3n) is 7.16. The first-order valence-corrected chi connectivity index (χ1v) is 10.4. The molecule has 2 aliphatic carbocycles. The Labute approximate surface area is 155 Å². The Morgan fingerprint density at radius 1 is 1.24 bits per heavy atom. The van der Waals surface area contributed by atoms with E-state index in [2.05, 4.69) is 58.0 Å². The highest BCUT2D eigenvalue weighted by Gasteiger charge is 2.50. The van der Waals surface area contributed by atoms with Crippen LogP contribution in [0.15, 0.2) is 30.4 Å². The van der Waals surface area contributed by atoms with Crippen LogP contribution in [-0.2, 0) is 11.8 Å². The normalized spacial score (nSPS) is 32.0. The molecule has 0 heterocycles. The number of unbranched alkanes of at least 4 members (excludes halogenated alkanes) is 1. The van der Waals surface area contributed by atoms with Gasteiger partial charge in [0.2, 0.25) is 0 Å². The second kappa shape index (κ2) is 7.27. The molecule has 1 saturated carbocycles. The Morgan fingerprint density at radius 2 is 2.04 bits per heavy atom. The van der Waals surface area contributed by atoms with Crippen molar-refractivity contribution in [1.82, 2.24) is 0 Å². The van der Waals surface area contributed by atoms with Crippen molar-refractivity contribution in [3.05, 3.63) is 47.0 Å². The first-order valence-electron chi connectivity index (χ1n) is 10.4. The second-order valence-corrected chi connectivity index (χ2v) is 9.27. The summed E-state index contributed by atoms with van der Waals surface area (Å²) in [6, 6.07) is 7.37. The van der Waals surface area contributed by atoms with E-state index in [4.69, 9.17) is 5.73 Å². The molecule has 1 aromatic rings. The van der Waals surface area contributed by atoms with Crippen molar-refractivity contribution in [3.63, 3.8) is 0 Å². The van der Waals surface area contributed by atoms with Gasteiger partial charge in [0.1, 0.15) is 0 Å². The molecule has 0 spiro atoms. The lowest BCUT2D eigenvalue weighted by Crippen LogP contribution is -2.48. The first-order chi connectivity index (χ1) is 11.9. The smallest absolute Gasteiger partial charge is 0.00360 e. The summed E-state index contributed by atoms with van der Waals surface area (Å²) in [5.74, 6) is 1.39. The van der Waals surface area contributed by atoms with E-state index in [1.54, 1.807) is 11.1 Å². The number of aryl methyl sites for hydroxylation is 1. The van der Waals surface area contributed by atoms with Crippen molar-refractivity contribution in [2.45, 2.75) is 84.0 Å². The minimum Gasteiger partial charge on any atom is -0.330 e. The molecule has 0 unspecified atom stereocenters. The summed E-state index contributed by atoms with van der Waals surface area (Å²) in [7, 11) is 0. The second-order valence-electron chi connectivity index (χ2n) is 9.27. The topological polar surface area (TPSA) is 26.0 Å². The van der Waals surface area contributed by atoms with Gasteiger partial charge in [-0.3, -0.25) is 0 Å². The number of benzene rings is 1. The molecule has 1 heteroatoms. The zero-order valence-corrected chi connectivity index (χ0v) is 16.8. The molecule has 25 heavy (non-hydrogen) atoms. The maximum Gasteiger partial charge on any atom is -0.00360 e. The highest BCUT2D eigenvalue weighted by atomic mass is 14.5. The molecular formula is C24H37N. The van der Waals surface area contributed by atoms with Gasteiger partial charge >= 0.3 is 0 Å². The Balaban J connectivity index is 1.91. The molecule has 1 fully saturated rings. The van der Waals surface area contributed by atoms with Crippen LogP contribution in [0, 0.1) is 11.3 Å². The van der Waals surface area contributed by atoms with E-state index in [1.807, 2.05) is 0 Å². The molecule has 138 valence electrons. The third kappa shape index (κ3) is 3.45. The fourth-order valence-electron chi connectivity index (χ4n) is 5.71. The van der Waals surface area contributed by atoms with Gasteiger partial charge in [-0.2, -0.15) is 0 Å². The SMILES string of the molecule is CC(C)c1ccc2c(c1)CC[C@H]1[C@](C)(/C=C\CCCN)CCC[C@]21C. The molecule has 0 aliphatic heterocycles. The van der Waals surface area contributed by atoms with Crippen molar-refractivity contribution >= 4 is 0 Å². The molecule has 2 aliphatic rings. The van der Waals surface area contributed by atoms with Crippen LogP contribution in [0.5, 0.6) is 0 Å². The lowest BCUT2D eigenvalue weighted by Gasteiger charge is -2.54. The van der Waals surface area contributed by atoms with E-state index in [0.717, 1.165) is 25.3 Å². The zero-order valence-electron chi connectivity index (χ0n) is 16.8. The van der Waals surface area contributed by atoms with Crippen molar-refractivity contribution < 1.29 is 0 Å². The van der Waals surface area contributed by atoms with Crippen LogP contribution in [0.25, 0.3) is 0 Å².